The van der Waals surface area contributed by atoms with Gasteiger partial charge in [0.2, 0.25) is 0 Å². The van der Waals surface area contributed by atoms with Crippen molar-refractivity contribution >= 4 is 35.6 Å². The molecule has 0 saturated carbocycles. The second-order valence-electron chi connectivity index (χ2n) is 6.82. The van der Waals surface area contributed by atoms with Gasteiger partial charge in [-0.3, -0.25) is 9.89 Å². The topological polar surface area (TPSA) is 62.9 Å². The van der Waals surface area contributed by atoms with E-state index in [0.29, 0.717) is 24.5 Å². The number of halogens is 1. The number of ether oxygens (including phenoxy) is 1. The van der Waals surface area contributed by atoms with Crippen LogP contribution in [0.2, 0.25) is 0 Å². The highest BCUT2D eigenvalue weighted by Crippen LogP contribution is 2.35. The first-order chi connectivity index (χ1) is 12.7. The lowest BCUT2D eigenvalue weighted by Crippen LogP contribution is -2.38. The maximum Gasteiger partial charge on any atom is 0.193 e. The summed E-state index contributed by atoms with van der Waals surface area (Å²) in [6.07, 6.45) is 2.35. The second kappa shape index (κ2) is 10.5. The average molecular weight is 480 g/mol. The van der Waals surface area contributed by atoms with Crippen LogP contribution in [0.25, 0.3) is 0 Å². The van der Waals surface area contributed by atoms with Crippen LogP contribution >= 0.6 is 24.0 Å². The summed E-state index contributed by atoms with van der Waals surface area (Å²) in [5, 5.41) is 3.16. The molecule has 0 radical (unpaired) electrons. The third-order valence-corrected chi connectivity index (χ3v) is 5.01. The first kappa shape index (κ1) is 21.5. The van der Waals surface area contributed by atoms with Gasteiger partial charge in [0.15, 0.2) is 5.96 Å². The third-order valence-electron chi connectivity index (χ3n) is 5.01. The fourth-order valence-corrected chi connectivity index (χ4v) is 3.70. The van der Waals surface area contributed by atoms with E-state index in [1.54, 1.807) is 7.11 Å². The van der Waals surface area contributed by atoms with Gasteiger partial charge in [0.1, 0.15) is 5.75 Å². The molecule has 1 heterocycles. The molecule has 0 aromatic heterocycles. The first-order valence-electron chi connectivity index (χ1n) is 9.13. The molecule has 5 nitrogen and oxygen atoms in total. The van der Waals surface area contributed by atoms with Crippen LogP contribution in [-0.2, 0) is 0 Å². The molecule has 0 amide bonds. The summed E-state index contributed by atoms with van der Waals surface area (Å²) in [7, 11) is 3.89. The number of nitrogens with one attached hydrogen (secondary N) is 1. The maximum atomic E-state index is 6.09. The number of para-hydroxylation sites is 1. The van der Waals surface area contributed by atoms with Gasteiger partial charge in [-0.05, 0) is 62.2 Å². The quantitative estimate of drug-likeness (QED) is 0.384. The number of hydrogen-bond acceptors (Lipinski definition) is 3. The molecule has 0 spiro atoms. The van der Waals surface area contributed by atoms with Crippen LogP contribution in [0.5, 0.6) is 5.75 Å². The number of benzene rings is 2. The largest absolute Gasteiger partial charge is 0.497 e. The van der Waals surface area contributed by atoms with Crippen LogP contribution in [0.3, 0.4) is 0 Å². The van der Waals surface area contributed by atoms with E-state index in [0.717, 1.165) is 24.4 Å². The van der Waals surface area contributed by atoms with Crippen molar-refractivity contribution in [2.24, 2.45) is 16.6 Å². The zero-order chi connectivity index (χ0) is 18.4. The van der Waals surface area contributed by atoms with Crippen molar-refractivity contribution in [3.63, 3.8) is 0 Å². The van der Waals surface area contributed by atoms with Crippen LogP contribution in [0.1, 0.15) is 24.4 Å². The van der Waals surface area contributed by atoms with Crippen LogP contribution in [0, 0.1) is 5.92 Å². The number of piperidine rings is 1. The normalized spacial score (nSPS) is 20.6. The number of likely N-dealkylation sites (tertiary alicyclic amines) is 1. The summed E-state index contributed by atoms with van der Waals surface area (Å²) in [4.78, 5) is 7.04. The van der Waals surface area contributed by atoms with Gasteiger partial charge in [-0.15, -0.1) is 24.0 Å². The van der Waals surface area contributed by atoms with Gasteiger partial charge in [0, 0.05) is 18.3 Å². The molecular weight excluding hydrogens is 451 g/mol. The number of hydrogen-bond donors (Lipinski definition) is 2. The van der Waals surface area contributed by atoms with Gasteiger partial charge in [-0.1, -0.05) is 30.3 Å². The molecular formula is C21H29IN4O. The number of guanidine groups is 1. The molecule has 1 aliphatic heterocycles. The molecule has 0 bridgehead atoms. The predicted octanol–water partition coefficient (Wildman–Crippen LogP) is 4.12. The monoisotopic (exact) mass is 480 g/mol. The fraction of sp³-hybridized carbons (Fsp3) is 0.381. The lowest BCUT2D eigenvalue weighted by Gasteiger charge is -2.39. The third kappa shape index (κ3) is 5.84. The van der Waals surface area contributed by atoms with Gasteiger partial charge in [0.25, 0.3) is 0 Å². The van der Waals surface area contributed by atoms with Gasteiger partial charge in [-0.2, -0.15) is 0 Å². The Labute approximate surface area is 179 Å². The highest BCUT2D eigenvalue weighted by Gasteiger charge is 2.30. The zero-order valence-corrected chi connectivity index (χ0v) is 18.3. The number of rotatable bonds is 5. The average Bonchev–Trinajstić information content (AvgIpc) is 2.67. The van der Waals surface area contributed by atoms with Crippen molar-refractivity contribution in [3.8, 4) is 5.75 Å². The predicted molar refractivity (Wildman–Crippen MR) is 123 cm³/mol. The summed E-state index contributed by atoms with van der Waals surface area (Å²) in [5.74, 6) is 1.80. The first-order valence-corrected chi connectivity index (χ1v) is 9.13. The molecule has 1 aliphatic rings. The maximum absolute atomic E-state index is 6.09. The lowest BCUT2D eigenvalue weighted by atomic mass is 9.85. The minimum Gasteiger partial charge on any atom is -0.497 e. The van der Waals surface area contributed by atoms with Crippen LogP contribution < -0.4 is 15.8 Å². The molecule has 2 unspecified atom stereocenters. The SMILES string of the molecule is COc1ccc(C2C(CN=C(N)Nc3ccccc3)CCCN2C)cc1.I. The molecule has 2 atom stereocenters. The van der Waals surface area contributed by atoms with Crippen molar-refractivity contribution in [3.05, 3.63) is 60.2 Å². The van der Waals surface area contributed by atoms with E-state index in [-0.39, 0.29) is 24.0 Å². The summed E-state index contributed by atoms with van der Waals surface area (Å²) >= 11 is 0. The minimum atomic E-state index is 0. The summed E-state index contributed by atoms with van der Waals surface area (Å²) in [6.45, 7) is 1.82. The van der Waals surface area contributed by atoms with Gasteiger partial charge in [0.05, 0.1) is 7.11 Å². The number of anilines is 1. The van der Waals surface area contributed by atoms with Gasteiger partial charge < -0.3 is 15.8 Å². The van der Waals surface area contributed by atoms with Crippen LogP contribution in [-0.4, -0.2) is 38.1 Å². The van der Waals surface area contributed by atoms with Crippen molar-refractivity contribution in [1.29, 1.82) is 0 Å². The Morgan fingerprint density at radius 2 is 1.89 bits per heavy atom. The van der Waals surface area contributed by atoms with Gasteiger partial charge >= 0.3 is 0 Å². The van der Waals surface area contributed by atoms with Crippen LogP contribution in [0.15, 0.2) is 59.6 Å². The Balaban J connectivity index is 0.00000261. The summed E-state index contributed by atoms with van der Waals surface area (Å²) in [5.41, 5.74) is 8.36. The molecule has 2 aromatic rings. The van der Waals surface area contributed by atoms with E-state index in [1.807, 2.05) is 42.5 Å². The van der Waals surface area contributed by atoms with E-state index < -0.39 is 0 Å². The molecule has 27 heavy (non-hydrogen) atoms. The van der Waals surface area contributed by atoms with Gasteiger partial charge in [-0.25, -0.2) is 0 Å². The lowest BCUT2D eigenvalue weighted by molar-refractivity contribution is 0.125. The highest BCUT2D eigenvalue weighted by atomic mass is 127. The van der Waals surface area contributed by atoms with E-state index in [2.05, 4.69) is 34.4 Å². The highest BCUT2D eigenvalue weighted by molar-refractivity contribution is 14.0. The van der Waals surface area contributed by atoms with E-state index in [9.17, 15) is 0 Å². The number of methoxy groups -OCH3 is 1. The standard InChI is InChI=1S/C21H28N4O.HI/c1-25-14-6-7-17(20(25)16-10-12-19(26-2)13-11-16)15-23-21(22)24-18-8-4-3-5-9-18;/h3-5,8-13,17,20H,6-7,14-15H2,1-2H3,(H3,22,23,24);1H. The molecule has 3 N–H and O–H groups in total. The Morgan fingerprint density at radius 1 is 1.19 bits per heavy atom. The summed E-state index contributed by atoms with van der Waals surface area (Å²) < 4.78 is 5.29. The molecule has 6 heteroatoms. The van der Waals surface area contributed by atoms with Crippen molar-refractivity contribution in [2.45, 2.75) is 18.9 Å². The van der Waals surface area contributed by atoms with E-state index in [4.69, 9.17) is 10.5 Å². The molecule has 0 aliphatic carbocycles. The smallest absolute Gasteiger partial charge is 0.193 e. The molecule has 2 aromatic carbocycles. The Hall–Kier alpha value is -1.80. The van der Waals surface area contributed by atoms with Crippen molar-refractivity contribution in [2.75, 3.05) is 32.6 Å². The summed E-state index contributed by atoms with van der Waals surface area (Å²) in [6, 6.07) is 18.6. The number of aliphatic imine (C=N–C) groups is 1. The Kier molecular flexibility index (Phi) is 8.37. The number of nitrogens with two attached hydrogens (primary N) is 1. The fourth-order valence-electron chi connectivity index (χ4n) is 3.70. The Morgan fingerprint density at radius 3 is 2.56 bits per heavy atom. The van der Waals surface area contributed by atoms with Crippen molar-refractivity contribution < 1.29 is 4.74 Å². The second-order valence-corrected chi connectivity index (χ2v) is 6.82. The molecule has 1 saturated heterocycles. The molecule has 146 valence electrons. The number of nitrogens with zero attached hydrogens (tertiary/aromatic N) is 2. The van der Waals surface area contributed by atoms with Crippen LogP contribution in [0.4, 0.5) is 5.69 Å². The molecule has 3 rings (SSSR count). The van der Waals surface area contributed by atoms with E-state index in [1.165, 1.54) is 12.0 Å². The Bertz CT molecular complexity index is 721. The molecule has 1 fully saturated rings. The van der Waals surface area contributed by atoms with Crippen molar-refractivity contribution in [1.82, 2.24) is 4.90 Å². The minimum absolute atomic E-state index is 0. The van der Waals surface area contributed by atoms with E-state index >= 15 is 0 Å². The zero-order valence-electron chi connectivity index (χ0n) is 16.0.